The highest BCUT2D eigenvalue weighted by atomic mass is 79.9. The summed E-state index contributed by atoms with van der Waals surface area (Å²) in [6, 6.07) is 16.6. The normalized spacial score (nSPS) is 11.4. The van der Waals surface area contributed by atoms with Crippen LogP contribution in [0.15, 0.2) is 59.1 Å². The van der Waals surface area contributed by atoms with E-state index in [9.17, 15) is 9.59 Å². The van der Waals surface area contributed by atoms with E-state index in [0.717, 1.165) is 10.0 Å². The highest BCUT2D eigenvalue weighted by Gasteiger charge is 2.11. The predicted octanol–water partition coefficient (Wildman–Crippen LogP) is 2.82. The van der Waals surface area contributed by atoms with E-state index in [4.69, 9.17) is 4.74 Å². The molecule has 2 rings (SSSR count). The van der Waals surface area contributed by atoms with Gasteiger partial charge in [0.1, 0.15) is 5.75 Å². The van der Waals surface area contributed by atoms with Crippen LogP contribution >= 0.6 is 15.9 Å². The lowest BCUT2D eigenvalue weighted by Gasteiger charge is -2.15. The van der Waals surface area contributed by atoms with Gasteiger partial charge in [-0.05, 0) is 36.8 Å². The molecular formula is C18H19BrN2O3. The Morgan fingerprint density at radius 3 is 2.38 bits per heavy atom. The van der Waals surface area contributed by atoms with Crippen molar-refractivity contribution in [2.75, 3.05) is 13.2 Å². The van der Waals surface area contributed by atoms with Crippen molar-refractivity contribution in [1.29, 1.82) is 0 Å². The first-order chi connectivity index (χ1) is 11.5. The molecule has 0 aromatic heterocycles. The van der Waals surface area contributed by atoms with Crippen LogP contribution < -0.4 is 15.4 Å². The van der Waals surface area contributed by atoms with Crippen LogP contribution in [0, 0.1) is 0 Å². The third kappa shape index (κ3) is 6.04. The summed E-state index contributed by atoms with van der Waals surface area (Å²) in [6.07, 6.45) is 0. The lowest BCUT2D eigenvalue weighted by molar-refractivity contribution is -0.127. The number of amides is 2. The monoisotopic (exact) mass is 390 g/mol. The van der Waals surface area contributed by atoms with Crippen LogP contribution in [0.1, 0.15) is 18.5 Å². The lowest BCUT2D eigenvalue weighted by Crippen LogP contribution is -2.39. The molecule has 0 radical (unpaired) electrons. The van der Waals surface area contributed by atoms with Gasteiger partial charge in [-0.1, -0.05) is 46.3 Å². The van der Waals surface area contributed by atoms with Gasteiger partial charge in [-0.3, -0.25) is 9.59 Å². The van der Waals surface area contributed by atoms with Crippen LogP contribution in [0.5, 0.6) is 5.75 Å². The Hall–Kier alpha value is -2.34. The molecule has 0 aliphatic carbocycles. The van der Waals surface area contributed by atoms with Crippen LogP contribution in [-0.4, -0.2) is 25.0 Å². The van der Waals surface area contributed by atoms with Crippen LogP contribution in [0.25, 0.3) is 0 Å². The van der Waals surface area contributed by atoms with E-state index >= 15 is 0 Å². The van der Waals surface area contributed by atoms with Crippen molar-refractivity contribution in [2.45, 2.75) is 13.0 Å². The summed E-state index contributed by atoms with van der Waals surface area (Å²) >= 11 is 3.37. The predicted molar refractivity (Wildman–Crippen MR) is 95.6 cm³/mol. The Balaban J connectivity index is 1.70. The van der Waals surface area contributed by atoms with E-state index in [1.54, 1.807) is 12.1 Å². The minimum absolute atomic E-state index is 0.0855. The maximum atomic E-state index is 11.9. The van der Waals surface area contributed by atoms with E-state index in [-0.39, 0.29) is 31.0 Å². The first kappa shape index (κ1) is 18.0. The number of halogens is 1. The Morgan fingerprint density at radius 1 is 1.04 bits per heavy atom. The van der Waals surface area contributed by atoms with Crippen molar-refractivity contribution in [2.24, 2.45) is 0 Å². The van der Waals surface area contributed by atoms with Crippen molar-refractivity contribution >= 4 is 27.7 Å². The quantitative estimate of drug-likeness (QED) is 0.763. The molecule has 0 aliphatic heterocycles. The van der Waals surface area contributed by atoms with Crippen molar-refractivity contribution in [1.82, 2.24) is 10.6 Å². The second-order valence-corrected chi connectivity index (χ2v) is 6.13. The molecule has 6 heteroatoms. The minimum Gasteiger partial charge on any atom is -0.484 e. The van der Waals surface area contributed by atoms with Gasteiger partial charge in [0.05, 0.1) is 12.6 Å². The molecule has 0 saturated carbocycles. The molecule has 1 atom stereocenters. The van der Waals surface area contributed by atoms with Gasteiger partial charge in [-0.15, -0.1) is 0 Å². The molecular weight excluding hydrogens is 372 g/mol. The number of hydrogen-bond acceptors (Lipinski definition) is 3. The highest BCUT2D eigenvalue weighted by Crippen LogP contribution is 2.16. The molecule has 2 N–H and O–H groups in total. The van der Waals surface area contributed by atoms with Gasteiger partial charge in [-0.25, -0.2) is 0 Å². The minimum atomic E-state index is -0.342. The van der Waals surface area contributed by atoms with E-state index in [1.807, 2.05) is 49.4 Å². The van der Waals surface area contributed by atoms with Crippen molar-refractivity contribution < 1.29 is 14.3 Å². The summed E-state index contributed by atoms with van der Waals surface area (Å²) in [5.74, 6) is 0.0183. The summed E-state index contributed by atoms with van der Waals surface area (Å²) < 4.78 is 6.30. The molecule has 0 bridgehead atoms. The number of rotatable bonds is 7. The summed E-state index contributed by atoms with van der Waals surface area (Å²) in [5.41, 5.74) is 0.991. The van der Waals surface area contributed by atoms with Gasteiger partial charge < -0.3 is 15.4 Å². The van der Waals surface area contributed by atoms with E-state index < -0.39 is 0 Å². The Bertz CT molecular complexity index is 674. The van der Waals surface area contributed by atoms with Crippen LogP contribution in [-0.2, 0) is 9.59 Å². The number of hydrogen-bond donors (Lipinski definition) is 2. The molecule has 0 aliphatic rings. The fourth-order valence-electron chi connectivity index (χ4n) is 2.02. The first-order valence-corrected chi connectivity index (χ1v) is 8.33. The molecule has 2 amide bonds. The molecule has 0 saturated heterocycles. The fourth-order valence-corrected chi connectivity index (χ4v) is 2.29. The lowest BCUT2D eigenvalue weighted by atomic mass is 10.1. The van der Waals surface area contributed by atoms with E-state index in [1.165, 1.54) is 0 Å². The zero-order valence-electron chi connectivity index (χ0n) is 13.3. The maximum Gasteiger partial charge on any atom is 0.258 e. The SMILES string of the molecule is C[C@@H](NC(=O)CNC(=O)COc1ccccc1)c1ccc(Br)cc1. The van der Waals surface area contributed by atoms with Crippen LogP contribution in [0.2, 0.25) is 0 Å². The van der Waals surface area contributed by atoms with Crippen LogP contribution in [0.4, 0.5) is 0 Å². The zero-order chi connectivity index (χ0) is 17.4. The Labute approximate surface area is 149 Å². The topological polar surface area (TPSA) is 67.4 Å². The molecule has 0 spiro atoms. The summed E-state index contributed by atoms with van der Waals surface area (Å²) in [7, 11) is 0. The molecule has 0 unspecified atom stereocenters. The summed E-state index contributed by atoms with van der Waals surface area (Å²) in [6.45, 7) is 1.68. The number of carbonyl (C=O) groups excluding carboxylic acids is 2. The van der Waals surface area contributed by atoms with Gasteiger partial charge >= 0.3 is 0 Å². The average Bonchev–Trinajstić information content (AvgIpc) is 2.59. The van der Waals surface area contributed by atoms with Gasteiger partial charge in [0, 0.05) is 4.47 Å². The highest BCUT2D eigenvalue weighted by molar-refractivity contribution is 9.10. The number of para-hydroxylation sites is 1. The molecule has 0 heterocycles. The zero-order valence-corrected chi connectivity index (χ0v) is 14.9. The first-order valence-electron chi connectivity index (χ1n) is 7.54. The number of carbonyl (C=O) groups is 2. The molecule has 126 valence electrons. The van der Waals surface area contributed by atoms with Crippen LogP contribution in [0.3, 0.4) is 0 Å². The van der Waals surface area contributed by atoms with E-state index in [0.29, 0.717) is 5.75 Å². The third-order valence-corrected chi connectivity index (χ3v) is 3.84. The standard InChI is InChI=1S/C18H19BrN2O3/c1-13(14-7-9-15(19)10-8-14)21-17(22)11-20-18(23)12-24-16-5-3-2-4-6-16/h2-10,13H,11-12H2,1H3,(H,20,23)(H,21,22)/t13-/m1/s1. The van der Waals surface area contributed by atoms with Gasteiger partial charge in [0.25, 0.3) is 5.91 Å². The van der Waals surface area contributed by atoms with E-state index in [2.05, 4.69) is 26.6 Å². The van der Waals surface area contributed by atoms with Crippen molar-refractivity contribution in [3.63, 3.8) is 0 Å². The average molecular weight is 391 g/mol. The van der Waals surface area contributed by atoms with Gasteiger partial charge in [0.15, 0.2) is 6.61 Å². The smallest absolute Gasteiger partial charge is 0.258 e. The second-order valence-electron chi connectivity index (χ2n) is 5.22. The Kier molecular flexibility index (Phi) is 6.81. The van der Waals surface area contributed by atoms with Gasteiger partial charge in [-0.2, -0.15) is 0 Å². The van der Waals surface area contributed by atoms with Gasteiger partial charge in [0.2, 0.25) is 5.91 Å². The largest absolute Gasteiger partial charge is 0.484 e. The fraction of sp³-hybridized carbons (Fsp3) is 0.222. The number of benzene rings is 2. The molecule has 2 aromatic rings. The summed E-state index contributed by atoms with van der Waals surface area (Å²) in [4.78, 5) is 23.6. The molecule has 5 nitrogen and oxygen atoms in total. The summed E-state index contributed by atoms with van der Waals surface area (Å²) in [5, 5.41) is 5.37. The molecule has 2 aromatic carbocycles. The third-order valence-electron chi connectivity index (χ3n) is 3.31. The second kappa shape index (κ2) is 9.08. The Morgan fingerprint density at radius 2 is 1.71 bits per heavy atom. The van der Waals surface area contributed by atoms with Crippen molar-refractivity contribution in [3.05, 3.63) is 64.6 Å². The molecule has 24 heavy (non-hydrogen) atoms. The maximum absolute atomic E-state index is 11.9. The number of ether oxygens (including phenoxy) is 1. The number of nitrogens with one attached hydrogen (secondary N) is 2. The molecule has 0 fully saturated rings. The van der Waals surface area contributed by atoms with Crippen molar-refractivity contribution in [3.8, 4) is 5.75 Å².